The molecule has 2 atom stereocenters. The first kappa shape index (κ1) is 15.0. The summed E-state index contributed by atoms with van der Waals surface area (Å²) in [6, 6.07) is 4.60. The van der Waals surface area contributed by atoms with Crippen LogP contribution in [-0.4, -0.2) is 12.6 Å². The van der Waals surface area contributed by atoms with Crippen molar-refractivity contribution >= 4 is 0 Å². The number of nitrogens with two attached hydrogens (primary N) is 1. The standard InChI is InChI=1S/C16H27NO/c1-6-11(2)10-18-16-12(3)7-15(8-13(16)4)9-14(5)17/h7-8,11,14H,6,9-10,17H2,1-5H3. The molecule has 2 nitrogen and oxygen atoms in total. The van der Waals surface area contributed by atoms with Crippen LogP contribution in [0.4, 0.5) is 0 Å². The van der Waals surface area contributed by atoms with Gasteiger partial charge in [0.05, 0.1) is 6.61 Å². The first-order chi connectivity index (χ1) is 8.43. The maximum absolute atomic E-state index is 5.95. The fourth-order valence-electron chi connectivity index (χ4n) is 2.10. The van der Waals surface area contributed by atoms with E-state index in [-0.39, 0.29) is 6.04 Å². The van der Waals surface area contributed by atoms with Crippen molar-refractivity contribution in [3.05, 3.63) is 28.8 Å². The van der Waals surface area contributed by atoms with Crippen LogP contribution in [0.3, 0.4) is 0 Å². The summed E-state index contributed by atoms with van der Waals surface area (Å²) in [6.07, 6.45) is 2.08. The molecule has 0 bridgehead atoms. The van der Waals surface area contributed by atoms with Gasteiger partial charge < -0.3 is 10.5 Å². The van der Waals surface area contributed by atoms with Crippen LogP contribution < -0.4 is 10.5 Å². The van der Waals surface area contributed by atoms with E-state index >= 15 is 0 Å². The molecule has 2 heteroatoms. The molecule has 0 spiro atoms. The molecule has 0 amide bonds. The van der Waals surface area contributed by atoms with Crippen LogP contribution >= 0.6 is 0 Å². The van der Waals surface area contributed by atoms with Gasteiger partial charge >= 0.3 is 0 Å². The van der Waals surface area contributed by atoms with Gasteiger partial charge in [-0.3, -0.25) is 0 Å². The van der Waals surface area contributed by atoms with Gasteiger partial charge in [0.25, 0.3) is 0 Å². The van der Waals surface area contributed by atoms with Gasteiger partial charge in [-0.15, -0.1) is 0 Å². The summed E-state index contributed by atoms with van der Waals surface area (Å²) in [6.45, 7) is 11.5. The zero-order valence-corrected chi connectivity index (χ0v) is 12.4. The van der Waals surface area contributed by atoms with Gasteiger partial charge in [-0.25, -0.2) is 0 Å². The highest BCUT2D eigenvalue weighted by molar-refractivity contribution is 5.43. The topological polar surface area (TPSA) is 35.2 Å². The first-order valence-corrected chi connectivity index (χ1v) is 6.92. The van der Waals surface area contributed by atoms with Gasteiger partial charge in [0.15, 0.2) is 0 Å². The Bertz CT molecular complexity index is 362. The highest BCUT2D eigenvalue weighted by Gasteiger charge is 2.09. The summed E-state index contributed by atoms with van der Waals surface area (Å²) >= 11 is 0. The molecule has 2 N–H and O–H groups in total. The molecule has 0 aliphatic heterocycles. The van der Waals surface area contributed by atoms with Crippen molar-refractivity contribution in [1.82, 2.24) is 0 Å². The molecule has 1 aromatic rings. The van der Waals surface area contributed by atoms with Gasteiger partial charge in [-0.1, -0.05) is 32.4 Å². The van der Waals surface area contributed by atoms with Gasteiger partial charge in [-0.2, -0.15) is 0 Å². The summed E-state index contributed by atoms with van der Waals surface area (Å²) in [5.41, 5.74) is 9.58. The number of aryl methyl sites for hydroxylation is 2. The second-order valence-corrected chi connectivity index (χ2v) is 5.56. The van der Waals surface area contributed by atoms with Crippen molar-refractivity contribution in [2.24, 2.45) is 11.7 Å². The Morgan fingerprint density at radius 3 is 2.17 bits per heavy atom. The number of hydrogen-bond donors (Lipinski definition) is 1. The van der Waals surface area contributed by atoms with E-state index in [0.29, 0.717) is 5.92 Å². The lowest BCUT2D eigenvalue weighted by atomic mass is 10.0. The molecule has 0 saturated carbocycles. The van der Waals surface area contributed by atoms with E-state index in [1.54, 1.807) is 0 Å². The molecule has 0 heterocycles. The summed E-state index contributed by atoms with van der Waals surface area (Å²) in [7, 11) is 0. The number of hydrogen-bond acceptors (Lipinski definition) is 2. The normalized spacial score (nSPS) is 14.3. The van der Waals surface area contributed by atoms with Gasteiger partial charge in [0.2, 0.25) is 0 Å². The zero-order chi connectivity index (χ0) is 13.7. The lowest BCUT2D eigenvalue weighted by Gasteiger charge is -2.17. The molecule has 0 fully saturated rings. The van der Waals surface area contributed by atoms with Crippen molar-refractivity contribution in [2.75, 3.05) is 6.61 Å². The van der Waals surface area contributed by atoms with Crippen LogP contribution in [0.2, 0.25) is 0 Å². The average molecular weight is 249 g/mol. The summed E-state index contributed by atoms with van der Waals surface area (Å²) in [4.78, 5) is 0. The highest BCUT2D eigenvalue weighted by Crippen LogP contribution is 2.26. The minimum atomic E-state index is 0.204. The summed E-state index contributed by atoms with van der Waals surface area (Å²) in [5, 5.41) is 0. The first-order valence-electron chi connectivity index (χ1n) is 6.92. The molecule has 0 saturated heterocycles. The van der Waals surface area contributed by atoms with E-state index < -0.39 is 0 Å². The molecular formula is C16H27NO. The Morgan fingerprint density at radius 1 is 1.17 bits per heavy atom. The van der Waals surface area contributed by atoms with E-state index in [4.69, 9.17) is 10.5 Å². The van der Waals surface area contributed by atoms with Crippen LogP contribution in [0.1, 0.15) is 43.9 Å². The predicted molar refractivity (Wildman–Crippen MR) is 78.2 cm³/mol. The molecule has 0 aliphatic rings. The Balaban J connectivity index is 2.81. The number of benzene rings is 1. The number of ether oxygens (including phenoxy) is 1. The van der Waals surface area contributed by atoms with Crippen molar-refractivity contribution < 1.29 is 4.74 Å². The molecular weight excluding hydrogens is 222 g/mol. The summed E-state index contributed by atoms with van der Waals surface area (Å²) in [5.74, 6) is 1.65. The van der Waals surface area contributed by atoms with Gasteiger partial charge in [0, 0.05) is 6.04 Å². The molecule has 0 aliphatic carbocycles. The van der Waals surface area contributed by atoms with Crippen LogP contribution in [0, 0.1) is 19.8 Å². The lowest BCUT2D eigenvalue weighted by Crippen LogP contribution is -2.18. The maximum atomic E-state index is 5.95. The fraction of sp³-hybridized carbons (Fsp3) is 0.625. The van der Waals surface area contributed by atoms with Gasteiger partial charge in [-0.05, 0) is 49.8 Å². The number of rotatable bonds is 6. The minimum absolute atomic E-state index is 0.204. The van der Waals surface area contributed by atoms with E-state index in [2.05, 4.69) is 39.8 Å². The molecule has 0 aromatic heterocycles. The third kappa shape index (κ3) is 4.34. The fourth-order valence-corrected chi connectivity index (χ4v) is 2.10. The molecule has 2 unspecified atom stereocenters. The van der Waals surface area contributed by atoms with E-state index in [0.717, 1.165) is 25.2 Å². The SMILES string of the molecule is CCC(C)COc1c(C)cc(CC(C)N)cc1C. The second kappa shape index (κ2) is 6.79. The van der Waals surface area contributed by atoms with E-state index in [1.807, 2.05) is 6.92 Å². The lowest BCUT2D eigenvalue weighted by molar-refractivity contribution is 0.253. The van der Waals surface area contributed by atoms with Crippen LogP contribution in [0.15, 0.2) is 12.1 Å². The van der Waals surface area contributed by atoms with Crippen molar-refractivity contribution in [3.63, 3.8) is 0 Å². The van der Waals surface area contributed by atoms with Crippen molar-refractivity contribution in [3.8, 4) is 5.75 Å². The molecule has 0 radical (unpaired) electrons. The smallest absolute Gasteiger partial charge is 0.125 e. The highest BCUT2D eigenvalue weighted by atomic mass is 16.5. The largest absolute Gasteiger partial charge is 0.493 e. The predicted octanol–water partition coefficient (Wildman–Crippen LogP) is 3.62. The molecule has 1 aromatic carbocycles. The Kier molecular flexibility index (Phi) is 5.67. The van der Waals surface area contributed by atoms with Crippen molar-refractivity contribution in [1.29, 1.82) is 0 Å². The third-order valence-electron chi connectivity index (χ3n) is 3.29. The average Bonchev–Trinajstić information content (AvgIpc) is 2.26. The summed E-state index contributed by atoms with van der Waals surface area (Å²) < 4.78 is 5.95. The van der Waals surface area contributed by atoms with Crippen LogP contribution in [0.25, 0.3) is 0 Å². The van der Waals surface area contributed by atoms with Gasteiger partial charge in [0.1, 0.15) is 5.75 Å². The Hall–Kier alpha value is -1.02. The quantitative estimate of drug-likeness (QED) is 0.835. The van der Waals surface area contributed by atoms with E-state index in [9.17, 15) is 0 Å². The van der Waals surface area contributed by atoms with Crippen LogP contribution in [-0.2, 0) is 6.42 Å². The third-order valence-corrected chi connectivity index (χ3v) is 3.29. The van der Waals surface area contributed by atoms with E-state index in [1.165, 1.54) is 16.7 Å². The second-order valence-electron chi connectivity index (χ2n) is 5.56. The molecule has 18 heavy (non-hydrogen) atoms. The minimum Gasteiger partial charge on any atom is -0.493 e. The zero-order valence-electron chi connectivity index (χ0n) is 12.4. The van der Waals surface area contributed by atoms with Crippen molar-refractivity contribution in [2.45, 2.75) is 53.5 Å². The maximum Gasteiger partial charge on any atom is 0.125 e. The molecule has 102 valence electrons. The Morgan fingerprint density at radius 2 is 1.72 bits per heavy atom. The molecule has 1 rings (SSSR count). The monoisotopic (exact) mass is 249 g/mol. The Labute approximate surface area is 112 Å². The van der Waals surface area contributed by atoms with Crippen LogP contribution in [0.5, 0.6) is 5.75 Å².